The Balaban J connectivity index is 1.48. The largest absolute Gasteiger partial charge is 0.511 e. The Morgan fingerprint density at radius 2 is 1.76 bits per heavy atom. The van der Waals surface area contributed by atoms with Crippen LogP contribution in [0.4, 0.5) is 8.78 Å². The van der Waals surface area contributed by atoms with E-state index in [0.29, 0.717) is 51.9 Å². The molecule has 1 saturated carbocycles. The molecule has 51 heavy (non-hydrogen) atoms. The first-order valence-corrected chi connectivity index (χ1v) is 19.5. The second kappa shape index (κ2) is 14.7. The second-order valence-corrected chi connectivity index (χ2v) is 17.9. The maximum Gasteiger partial charge on any atom is 0.244 e. The van der Waals surface area contributed by atoms with Crippen molar-refractivity contribution in [1.82, 2.24) is 13.9 Å². The van der Waals surface area contributed by atoms with Crippen LogP contribution in [0, 0.1) is 11.6 Å². The predicted octanol–water partition coefficient (Wildman–Crippen LogP) is 8.78. The van der Waals surface area contributed by atoms with E-state index in [-0.39, 0.29) is 33.5 Å². The summed E-state index contributed by atoms with van der Waals surface area (Å²) in [6, 6.07) is 13.7. The van der Waals surface area contributed by atoms with Crippen LogP contribution < -0.4 is 4.74 Å². The van der Waals surface area contributed by atoms with Crippen LogP contribution in [0.3, 0.4) is 0 Å². The summed E-state index contributed by atoms with van der Waals surface area (Å²) in [6.45, 7) is 8.50. The van der Waals surface area contributed by atoms with Gasteiger partial charge in [-0.1, -0.05) is 61.5 Å². The van der Waals surface area contributed by atoms with Crippen LogP contribution in [0.15, 0.2) is 83.2 Å². The van der Waals surface area contributed by atoms with E-state index in [1.807, 2.05) is 51.7 Å². The minimum Gasteiger partial charge on any atom is -0.511 e. The van der Waals surface area contributed by atoms with Crippen molar-refractivity contribution in [3.63, 3.8) is 0 Å². The van der Waals surface area contributed by atoms with Crippen molar-refractivity contribution in [1.29, 1.82) is 0 Å². The molecule has 0 aliphatic heterocycles. The van der Waals surface area contributed by atoms with E-state index >= 15 is 4.39 Å². The van der Waals surface area contributed by atoms with Crippen LogP contribution in [-0.2, 0) is 21.2 Å². The van der Waals surface area contributed by atoms with E-state index in [1.165, 1.54) is 34.3 Å². The highest BCUT2D eigenvalue weighted by Gasteiger charge is 2.56. The van der Waals surface area contributed by atoms with Crippen molar-refractivity contribution in [3.8, 4) is 11.4 Å². The fourth-order valence-corrected chi connectivity index (χ4v) is 9.63. The molecule has 1 N–H and O–H groups in total. The molecule has 1 aromatic heterocycles. The zero-order chi connectivity index (χ0) is 37.5. The molecule has 8 nitrogen and oxygen atoms in total. The molecule has 1 aliphatic rings. The summed E-state index contributed by atoms with van der Waals surface area (Å²) in [5.74, 6) is -0.890. The van der Waals surface area contributed by atoms with Gasteiger partial charge in [-0.2, -0.15) is 4.31 Å². The molecule has 0 spiro atoms. The van der Waals surface area contributed by atoms with Crippen molar-refractivity contribution in [3.05, 3.63) is 112 Å². The monoisotopic (exact) mass is 779 g/mol. The maximum absolute atomic E-state index is 15.9. The third kappa shape index (κ3) is 8.11. The second-order valence-electron chi connectivity index (χ2n) is 14.3. The Morgan fingerprint density at radius 3 is 2.33 bits per heavy atom. The Labute approximate surface area is 313 Å². The maximum atomic E-state index is 15.9. The third-order valence-electron chi connectivity index (χ3n) is 9.30. The van der Waals surface area contributed by atoms with E-state index in [0.717, 1.165) is 17.3 Å². The lowest BCUT2D eigenvalue weighted by molar-refractivity contribution is -0.870. The highest BCUT2D eigenvalue weighted by atomic mass is 35.5. The van der Waals surface area contributed by atoms with Crippen LogP contribution in [-0.4, -0.2) is 78.7 Å². The van der Waals surface area contributed by atoms with Crippen LogP contribution >= 0.6 is 35.0 Å². The molecule has 0 unspecified atom stereocenters. The van der Waals surface area contributed by atoms with Gasteiger partial charge in [0.1, 0.15) is 23.1 Å². The van der Waals surface area contributed by atoms with Gasteiger partial charge in [-0.15, -0.1) is 0 Å². The number of aliphatic hydroxyl groups is 1. The summed E-state index contributed by atoms with van der Waals surface area (Å²) in [5.41, 5.74) is 0.618. The van der Waals surface area contributed by atoms with Crippen molar-refractivity contribution in [2.75, 3.05) is 41.3 Å². The van der Waals surface area contributed by atoms with Crippen LogP contribution in [0.2, 0.25) is 10.0 Å². The molecule has 0 atom stereocenters. The molecular weight excluding hydrogens is 737 g/mol. The van der Waals surface area contributed by atoms with Gasteiger partial charge < -0.3 is 14.3 Å². The minimum absolute atomic E-state index is 0.0163. The number of nitrogens with zero attached hydrogens (tertiary/aromatic N) is 4. The molecule has 274 valence electrons. The zero-order valence-electron chi connectivity index (χ0n) is 29.5. The number of hydrogen-bond acceptors (Lipinski definition) is 6. The predicted molar refractivity (Wildman–Crippen MR) is 200 cm³/mol. The van der Waals surface area contributed by atoms with Gasteiger partial charge in [-0.05, 0) is 66.9 Å². The summed E-state index contributed by atoms with van der Waals surface area (Å²) in [7, 11) is 3.29. The number of methoxy groups -OCH3 is 1. The number of benzene rings is 3. The van der Waals surface area contributed by atoms with Gasteiger partial charge in [0.05, 0.1) is 62.1 Å². The fraction of sp³-hybridized carbons (Fsp3) is 0.378. The first-order chi connectivity index (χ1) is 23.8. The molecular formula is C37H43Cl2F2N4O4S2+. The van der Waals surface area contributed by atoms with Crippen LogP contribution in [0.25, 0.3) is 5.69 Å². The summed E-state index contributed by atoms with van der Waals surface area (Å²) >= 11 is 14.2. The normalized spacial score (nSPS) is 14.6. The Hall–Kier alpha value is -3.13. The average molecular weight is 781 g/mol. The van der Waals surface area contributed by atoms with Gasteiger partial charge in [0.2, 0.25) is 10.0 Å². The van der Waals surface area contributed by atoms with Gasteiger partial charge in [0.25, 0.3) is 0 Å². The highest BCUT2D eigenvalue weighted by Crippen LogP contribution is 2.49. The van der Waals surface area contributed by atoms with Crippen molar-refractivity contribution in [2.45, 2.75) is 59.9 Å². The van der Waals surface area contributed by atoms with Gasteiger partial charge in [-0.3, -0.25) is 4.57 Å². The summed E-state index contributed by atoms with van der Waals surface area (Å²) < 4.78 is 67.3. The van der Waals surface area contributed by atoms with Crippen LogP contribution in [0.5, 0.6) is 5.75 Å². The lowest BCUT2D eigenvalue weighted by Gasteiger charge is -2.32. The fourth-order valence-electron chi connectivity index (χ4n) is 6.10. The Morgan fingerprint density at radius 1 is 1.10 bits per heavy atom. The molecule has 3 aromatic carbocycles. The SMILES string of the molecule is C=C(O)C1(N(CCC[N+](C)(C)C)S(=O)(=O)c2cc(F)c(CSc3ncc(C(C)(C)c4ccc(Cl)c(OC)c4)n3-c3ccc(F)cc3)c(Cl)c2)CC1. The number of imidazole rings is 1. The summed E-state index contributed by atoms with van der Waals surface area (Å²) in [5, 5.41) is 11.3. The first kappa shape index (κ1) is 39.1. The summed E-state index contributed by atoms with van der Waals surface area (Å²) in [4.78, 5) is 4.39. The molecule has 0 saturated heterocycles. The molecule has 1 heterocycles. The third-order valence-corrected chi connectivity index (χ3v) is 12.9. The van der Waals surface area contributed by atoms with E-state index in [9.17, 15) is 17.9 Å². The first-order valence-electron chi connectivity index (χ1n) is 16.3. The number of hydrogen-bond donors (Lipinski definition) is 1. The van der Waals surface area contributed by atoms with Gasteiger partial charge in [0, 0.05) is 40.4 Å². The topological polar surface area (TPSA) is 84.7 Å². The van der Waals surface area contributed by atoms with E-state index < -0.39 is 32.6 Å². The molecule has 0 bridgehead atoms. The molecule has 4 aromatic rings. The number of halogens is 4. The molecule has 0 amide bonds. The minimum atomic E-state index is -4.27. The smallest absolute Gasteiger partial charge is 0.244 e. The van der Waals surface area contributed by atoms with Gasteiger partial charge in [-0.25, -0.2) is 22.2 Å². The highest BCUT2D eigenvalue weighted by molar-refractivity contribution is 7.98. The van der Waals surface area contributed by atoms with Crippen molar-refractivity contribution < 1.29 is 31.5 Å². The molecule has 0 radical (unpaired) electrons. The van der Waals surface area contributed by atoms with E-state index in [2.05, 4.69) is 6.58 Å². The van der Waals surface area contributed by atoms with E-state index in [1.54, 1.807) is 31.5 Å². The lowest BCUT2D eigenvalue weighted by atomic mass is 9.81. The standard InChI is InChI=1S/C37H42Cl2F2N4O4S2/c1-24(46)37(15-16-37)43(17-8-18-45(4,5)6)51(47,48)28-20-31(39)29(32(41)21-28)23-50-35-42-22-34(44(35)27-12-10-26(40)11-13-27)36(2,3)25-9-14-30(38)33(19-25)49-7/h9-14,19-22H,1,8,15-18,23H2,2-7H3/p+1. The number of quaternary nitrogens is 1. The molecule has 1 aliphatic carbocycles. The Bertz CT molecular complexity index is 2020. The van der Waals surface area contributed by atoms with Crippen molar-refractivity contribution >= 4 is 45.0 Å². The quantitative estimate of drug-likeness (QED) is 0.0738. The number of aliphatic hydroxyl groups excluding tert-OH is 1. The average Bonchev–Trinajstić information content (AvgIpc) is 3.74. The van der Waals surface area contributed by atoms with Gasteiger partial charge >= 0.3 is 0 Å². The lowest BCUT2D eigenvalue weighted by Crippen LogP contribution is -2.45. The number of rotatable bonds is 15. The number of thioether (sulfide) groups is 1. The Kier molecular flexibility index (Phi) is 11.3. The van der Waals surface area contributed by atoms with Gasteiger partial charge in [0.15, 0.2) is 5.16 Å². The molecule has 14 heteroatoms. The van der Waals surface area contributed by atoms with E-state index in [4.69, 9.17) is 32.9 Å². The number of sulfonamides is 1. The van der Waals surface area contributed by atoms with Crippen molar-refractivity contribution in [2.24, 2.45) is 0 Å². The number of ether oxygens (including phenoxy) is 1. The number of aromatic nitrogens is 2. The molecule has 1 fully saturated rings. The summed E-state index contributed by atoms with van der Waals surface area (Å²) in [6.07, 6.45) is 3.08. The van der Waals surface area contributed by atoms with Crippen LogP contribution in [0.1, 0.15) is 49.9 Å². The molecule has 5 rings (SSSR count). The zero-order valence-corrected chi connectivity index (χ0v) is 32.7.